The Morgan fingerprint density at radius 3 is 2.80 bits per heavy atom. The van der Waals surface area contributed by atoms with Gasteiger partial charge in [-0.3, -0.25) is 4.79 Å². The summed E-state index contributed by atoms with van der Waals surface area (Å²) in [7, 11) is 0. The molecule has 0 fully saturated rings. The molecular weight excluding hydrogens is 361 g/mol. The number of hydrogen-bond donors (Lipinski definition) is 1. The van der Waals surface area contributed by atoms with Crippen LogP contribution in [0.5, 0.6) is 0 Å². The molecule has 1 amide bonds. The standard InChI is InChI=1S/C18H17Cl2N3O2/c1-2-4-17-14(18(24)21-10-13-5-3-8-25-13)11-22-23(17)12-6-7-15(19)16(20)9-12/h3,5-9,11H,2,4,10H2,1H3,(H,21,24). The molecule has 2 heterocycles. The fourth-order valence-electron chi connectivity index (χ4n) is 2.56. The van der Waals surface area contributed by atoms with Gasteiger partial charge in [0.1, 0.15) is 5.76 Å². The minimum atomic E-state index is -0.189. The second-order valence-electron chi connectivity index (χ2n) is 5.53. The lowest BCUT2D eigenvalue weighted by molar-refractivity contribution is 0.0947. The molecule has 0 saturated heterocycles. The van der Waals surface area contributed by atoms with Gasteiger partial charge in [0.05, 0.1) is 46.0 Å². The average molecular weight is 378 g/mol. The van der Waals surface area contributed by atoms with E-state index >= 15 is 0 Å². The zero-order chi connectivity index (χ0) is 17.8. The van der Waals surface area contributed by atoms with Crippen molar-refractivity contribution in [1.29, 1.82) is 0 Å². The van der Waals surface area contributed by atoms with E-state index in [1.165, 1.54) is 0 Å². The highest BCUT2D eigenvalue weighted by Crippen LogP contribution is 2.26. The van der Waals surface area contributed by atoms with E-state index in [-0.39, 0.29) is 5.91 Å². The predicted molar refractivity (Wildman–Crippen MR) is 97.5 cm³/mol. The number of hydrogen-bond acceptors (Lipinski definition) is 3. The molecule has 1 N–H and O–H groups in total. The minimum Gasteiger partial charge on any atom is -0.467 e. The number of nitrogens with one attached hydrogen (secondary N) is 1. The number of halogens is 2. The molecule has 0 saturated carbocycles. The average Bonchev–Trinajstić information content (AvgIpc) is 3.25. The predicted octanol–water partition coefficient (Wildman–Crippen LogP) is 4.65. The van der Waals surface area contributed by atoms with Gasteiger partial charge in [-0.1, -0.05) is 36.5 Å². The van der Waals surface area contributed by atoms with Crippen LogP contribution in [-0.2, 0) is 13.0 Å². The van der Waals surface area contributed by atoms with Crippen LogP contribution in [0, 0.1) is 0 Å². The van der Waals surface area contributed by atoms with E-state index in [0.29, 0.717) is 34.3 Å². The second kappa shape index (κ2) is 7.76. The first-order chi connectivity index (χ1) is 12.1. The maximum absolute atomic E-state index is 12.5. The first-order valence-corrected chi connectivity index (χ1v) is 8.68. The lowest BCUT2D eigenvalue weighted by Crippen LogP contribution is -2.23. The van der Waals surface area contributed by atoms with Crippen molar-refractivity contribution < 1.29 is 9.21 Å². The molecule has 0 radical (unpaired) electrons. The normalized spacial score (nSPS) is 10.8. The van der Waals surface area contributed by atoms with Crippen molar-refractivity contribution in [3.8, 4) is 5.69 Å². The largest absolute Gasteiger partial charge is 0.467 e. The van der Waals surface area contributed by atoms with Gasteiger partial charge in [0, 0.05) is 0 Å². The third-order valence-corrected chi connectivity index (χ3v) is 4.49. The molecule has 0 aliphatic carbocycles. The van der Waals surface area contributed by atoms with E-state index in [1.807, 2.05) is 12.1 Å². The summed E-state index contributed by atoms with van der Waals surface area (Å²) >= 11 is 12.1. The van der Waals surface area contributed by atoms with Gasteiger partial charge in [0.15, 0.2) is 0 Å². The Morgan fingerprint density at radius 1 is 1.28 bits per heavy atom. The Balaban J connectivity index is 1.88. The number of benzene rings is 1. The fraction of sp³-hybridized carbons (Fsp3) is 0.222. The van der Waals surface area contributed by atoms with Gasteiger partial charge < -0.3 is 9.73 Å². The summed E-state index contributed by atoms with van der Waals surface area (Å²) in [6.07, 6.45) is 4.74. The second-order valence-corrected chi connectivity index (χ2v) is 6.34. The van der Waals surface area contributed by atoms with E-state index < -0.39 is 0 Å². The molecular formula is C18H17Cl2N3O2. The fourth-order valence-corrected chi connectivity index (χ4v) is 2.85. The van der Waals surface area contributed by atoms with Crippen LogP contribution < -0.4 is 5.32 Å². The first kappa shape index (κ1) is 17.6. The summed E-state index contributed by atoms with van der Waals surface area (Å²) in [4.78, 5) is 12.5. The molecule has 0 aliphatic heterocycles. The van der Waals surface area contributed by atoms with Gasteiger partial charge >= 0.3 is 0 Å². The van der Waals surface area contributed by atoms with Crippen molar-refractivity contribution in [2.45, 2.75) is 26.3 Å². The van der Waals surface area contributed by atoms with Crippen LogP contribution in [-0.4, -0.2) is 15.7 Å². The van der Waals surface area contributed by atoms with Gasteiger partial charge in [0.25, 0.3) is 5.91 Å². The van der Waals surface area contributed by atoms with Crippen LogP contribution in [0.25, 0.3) is 5.69 Å². The number of carbonyl (C=O) groups excluding carboxylic acids is 1. The monoisotopic (exact) mass is 377 g/mol. The molecule has 0 bridgehead atoms. The van der Waals surface area contributed by atoms with E-state index in [4.69, 9.17) is 27.6 Å². The van der Waals surface area contributed by atoms with Crippen molar-refractivity contribution in [3.05, 3.63) is 69.9 Å². The van der Waals surface area contributed by atoms with Crippen LogP contribution in [0.4, 0.5) is 0 Å². The molecule has 3 aromatic rings. The molecule has 0 spiro atoms. The molecule has 1 aromatic carbocycles. The third-order valence-electron chi connectivity index (χ3n) is 3.75. The van der Waals surface area contributed by atoms with E-state index in [2.05, 4.69) is 17.3 Å². The number of carbonyl (C=O) groups is 1. The summed E-state index contributed by atoms with van der Waals surface area (Å²) < 4.78 is 6.96. The maximum Gasteiger partial charge on any atom is 0.255 e. The molecule has 0 unspecified atom stereocenters. The smallest absolute Gasteiger partial charge is 0.255 e. The quantitative estimate of drug-likeness (QED) is 0.679. The summed E-state index contributed by atoms with van der Waals surface area (Å²) in [6, 6.07) is 8.87. The van der Waals surface area contributed by atoms with Gasteiger partial charge in [-0.15, -0.1) is 0 Å². The van der Waals surface area contributed by atoms with Gasteiger partial charge in [0.2, 0.25) is 0 Å². The summed E-state index contributed by atoms with van der Waals surface area (Å²) in [6.45, 7) is 2.38. The molecule has 2 aromatic heterocycles. The Bertz CT molecular complexity index is 873. The van der Waals surface area contributed by atoms with Gasteiger partial charge in [-0.05, 0) is 36.8 Å². The highest BCUT2D eigenvalue weighted by atomic mass is 35.5. The topological polar surface area (TPSA) is 60.1 Å². The maximum atomic E-state index is 12.5. The van der Waals surface area contributed by atoms with Gasteiger partial charge in [-0.2, -0.15) is 5.10 Å². The highest BCUT2D eigenvalue weighted by Gasteiger charge is 2.18. The summed E-state index contributed by atoms with van der Waals surface area (Å²) in [5, 5.41) is 8.15. The number of aromatic nitrogens is 2. The van der Waals surface area contributed by atoms with Crippen LogP contribution in [0.3, 0.4) is 0 Å². The molecule has 25 heavy (non-hydrogen) atoms. The van der Waals surface area contributed by atoms with Gasteiger partial charge in [-0.25, -0.2) is 4.68 Å². The Kier molecular flexibility index (Phi) is 5.46. The molecule has 130 valence electrons. The third kappa shape index (κ3) is 3.89. The first-order valence-electron chi connectivity index (χ1n) is 7.93. The molecule has 3 rings (SSSR count). The van der Waals surface area contributed by atoms with Crippen LogP contribution in [0.2, 0.25) is 10.0 Å². The highest BCUT2D eigenvalue weighted by molar-refractivity contribution is 6.42. The SMILES string of the molecule is CCCc1c(C(=O)NCc2ccco2)cnn1-c1ccc(Cl)c(Cl)c1. The van der Waals surface area contributed by atoms with E-state index in [0.717, 1.165) is 17.8 Å². The number of amides is 1. The lowest BCUT2D eigenvalue weighted by atomic mass is 10.1. The lowest BCUT2D eigenvalue weighted by Gasteiger charge is -2.10. The van der Waals surface area contributed by atoms with E-state index in [1.54, 1.807) is 35.3 Å². The zero-order valence-electron chi connectivity index (χ0n) is 13.6. The van der Waals surface area contributed by atoms with Crippen molar-refractivity contribution >= 4 is 29.1 Å². The number of rotatable bonds is 6. The minimum absolute atomic E-state index is 0.189. The van der Waals surface area contributed by atoms with Crippen LogP contribution in [0.1, 0.15) is 35.2 Å². The van der Waals surface area contributed by atoms with Crippen LogP contribution in [0.15, 0.2) is 47.2 Å². The number of nitrogens with zero attached hydrogens (tertiary/aromatic N) is 2. The van der Waals surface area contributed by atoms with Crippen LogP contribution >= 0.6 is 23.2 Å². The molecule has 0 aliphatic rings. The summed E-state index contributed by atoms with van der Waals surface area (Å²) in [5.74, 6) is 0.508. The Morgan fingerprint density at radius 2 is 2.12 bits per heavy atom. The molecule has 0 atom stereocenters. The van der Waals surface area contributed by atoms with Crippen molar-refractivity contribution in [1.82, 2.24) is 15.1 Å². The van der Waals surface area contributed by atoms with Crippen molar-refractivity contribution in [2.75, 3.05) is 0 Å². The summed E-state index contributed by atoms with van der Waals surface area (Å²) in [5.41, 5.74) is 2.14. The van der Waals surface area contributed by atoms with E-state index in [9.17, 15) is 4.79 Å². The Hall–Kier alpha value is -2.24. The zero-order valence-corrected chi connectivity index (χ0v) is 15.1. The number of furan rings is 1. The van der Waals surface area contributed by atoms with Crippen molar-refractivity contribution in [3.63, 3.8) is 0 Å². The van der Waals surface area contributed by atoms with Crippen molar-refractivity contribution in [2.24, 2.45) is 0 Å². The Labute approximate surface area is 155 Å². The molecule has 5 nitrogen and oxygen atoms in total. The molecule has 7 heteroatoms.